The molecule has 0 aliphatic heterocycles. The third-order valence-electron chi connectivity index (χ3n) is 2.59. The van der Waals surface area contributed by atoms with Crippen LogP contribution in [0.3, 0.4) is 0 Å². The van der Waals surface area contributed by atoms with Gasteiger partial charge < -0.3 is 4.74 Å². The molecular formula is C16H14O2. The average molecular weight is 238 g/mol. The largest absolute Gasteiger partial charge is 0.457 e. The van der Waals surface area contributed by atoms with Crippen molar-refractivity contribution < 1.29 is 9.53 Å². The first-order valence-corrected chi connectivity index (χ1v) is 5.73. The van der Waals surface area contributed by atoms with Crippen LogP contribution in [0, 0.1) is 0 Å². The second-order valence-corrected chi connectivity index (χ2v) is 3.89. The van der Waals surface area contributed by atoms with E-state index in [1.165, 1.54) is 0 Å². The fraction of sp³-hybridized carbons (Fsp3) is 0.0625. The molecule has 0 aromatic heterocycles. The minimum absolute atomic E-state index is 0.295. The molecule has 0 fully saturated rings. The van der Waals surface area contributed by atoms with Crippen molar-refractivity contribution in [3.8, 4) is 0 Å². The van der Waals surface area contributed by atoms with Gasteiger partial charge in [-0.05, 0) is 23.3 Å². The summed E-state index contributed by atoms with van der Waals surface area (Å²) in [6.07, 6.45) is 1.74. The number of hydrogen-bond acceptors (Lipinski definition) is 2. The average Bonchev–Trinajstić information content (AvgIpc) is 2.46. The Kier molecular flexibility index (Phi) is 3.92. The van der Waals surface area contributed by atoms with Gasteiger partial charge in [-0.2, -0.15) is 0 Å². The highest BCUT2D eigenvalue weighted by Gasteiger charge is 2.06. The van der Waals surface area contributed by atoms with Gasteiger partial charge in [-0.15, -0.1) is 0 Å². The number of esters is 1. The Labute approximate surface area is 107 Å². The summed E-state index contributed by atoms with van der Waals surface area (Å²) in [4.78, 5) is 11.8. The van der Waals surface area contributed by atoms with E-state index < -0.39 is 0 Å². The van der Waals surface area contributed by atoms with Crippen LogP contribution in [0.25, 0.3) is 6.08 Å². The standard InChI is InChI=1S/C16H14O2/c1-2-13-8-10-15(11-9-13)16(17)18-12-14-6-4-3-5-7-14/h2-11H,1,12H2. The molecule has 0 aliphatic carbocycles. The third kappa shape index (κ3) is 3.08. The summed E-state index contributed by atoms with van der Waals surface area (Å²) in [6.45, 7) is 3.96. The van der Waals surface area contributed by atoms with Crippen molar-refractivity contribution in [3.05, 3.63) is 77.9 Å². The summed E-state index contributed by atoms with van der Waals surface area (Å²) < 4.78 is 5.22. The Hall–Kier alpha value is -2.35. The van der Waals surface area contributed by atoms with Crippen LogP contribution in [-0.2, 0) is 11.3 Å². The molecule has 0 aliphatic rings. The minimum Gasteiger partial charge on any atom is -0.457 e. The topological polar surface area (TPSA) is 26.3 Å². The number of hydrogen-bond donors (Lipinski definition) is 0. The Morgan fingerprint density at radius 1 is 1.06 bits per heavy atom. The summed E-state index contributed by atoms with van der Waals surface area (Å²) in [5.74, 6) is -0.311. The highest BCUT2D eigenvalue weighted by Crippen LogP contribution is 2.08. The molecule has 0 saturated heterocycles. The highest BCUT2D eigenvalue weighted by molar-refractivity contribution is 5.89. The molecular weight excluding hydrogens is 224 g/mol. The van der Waals surface area contributed by atoms with E-state index in [0.29, 0.717) is 12.2 Å². The normalized spacial score (nSPS) is 9.78. The molecule has 0 amide bonds. The molecule has 2 nitrogen and oxygen atoms in total. The molecule has 0 atom stereocenters. The van der Waals surface area contributed by atoms with E-state index in [2.05, 4.69) is 6.58 Å². The highest BCUT2D eigenvalue weighted by atomic mass is 16.5. The quantitative estimate of drug-likeness (QED) is 0.759. The molecule has 0 N–H and O–H groups in total. The molecule has 2 aromatic rings. The molecule has 90 valence electrons. The van der Waals surface area contributed by atoms with E-state index in [1.807, 2.05) is 42.5 Å². The van der Waals surface area contributed by atoms with Crippen molar-refractivity contribution in [3.63, 3.8) is 0 Å². The zero-order chi connectivity index (χ0) is 12.8. The van der Waals surface area contributed by atoms with Gasteiger partial charge in [0.05, 0.1) is 5.56 Å². The number of rotatable bonds is 4. The maximum Gasteiger partial charge on any atom is 0.338 e. The number of carbonyl (C=O) groups excluding carboxylic acids is 1. The van der Waals surface area contributed by atoms with Crippen LogP contribution in [0.5, 0.6) is 0 Å². The molecule has 0 spiro atoms. The van der Waals surface area contributed by atoms with E-state index >= 15 is 0 Å². The van der Waals surface area contributed by atoms with Crippen molar-refractivity contribution >= 4 is 12.0 Å². The van der Waals surface area contributed by atoms with Crippen molar-refractivity contribution in [2.45, 2.75) is 6.61 Å². The fourth-order valence-electron chi connectivity index (χ4n) is 1.56. The molecule has 0 unspecified atom stereocenters. The predicted molar refractivity (Wildman–Crippen MR) is 72.1 cm³/mol. The Balaban J connectivity index is 1.97. The van der Waals surface area contributed by atoms with Crippen molar-refractivity contribution in [1.29, 1.82) is 0 Å². The first-order chi connectivity index (χ1) is 8.79. The molecule has 0 heterocycles. The predicted octanol–water partition coefficient (Wildman–Crippen LogP) is 3.69. The molecule has 18 heavy (non-hydrogen) atoms. The number of carbonyl (C=O) groups is 1. The van der Waals surface area contributed by atoms with Gasteiger partial charge >= 0.3 is 5.97 Å². The van der Waals surface area contributed by atoms with Crippen LogP contribution < -0.4 is 0 Å². The van der Waals surface area contributed by atoms with Crippen LogP contribution in [0.2, 0.25) is 0 Å². The first kappa shape index (κ1) is 12.1. The van der Waals surface area contributed by atoms with Gasteiger partial charge in [-0.3, -0.25) is 0 Å². The lowest BCUT2D eigenvalue weighted by atomic mass is 10.1. The number of ether oxygens (including phenoxy) is 1. The van der Waals surface area contributed by atoms with Crippen LogP contribution in [0.1, 0.15) is 21.5 Å². The Morgan fingerprint density at radius 2 is 1.72 bits per heavy atom. The van der Waals surface area contributed by atoms with Gasteiger partial charge in [0.1, 0.15) is 6.61 Å². The first-order valence-electron chi connectivity index (χ1n) is 5.73. The number of benzene rings is 2. The van der Waals surface area contributed by atoms with Gasteiger partial charge in [0.15, 0.2) is 0 Å². The zero-order valence-electron chi connectivity index (χ0n) is 10.0. The van der Waals surface area contributed by atoms with E-state index in [1.54, 1.807) is 18.2 Å². The summed E-state index contributed by atoms with van der Waals surface area (Å²) in [5.41, 5.74) is 2.51. The van der Waals surface area contributed by atoms with Crippen LogP contribution in [0.15, 0.2) is 61.2 Å². The van der Waals surface area contributed by atoms with Crippen molar-refractivity contribution in [2.24, 2.45) is 0 Å². The maximum absolute atomic E-state index is 11.8. The van der Waals surface area contributed by atoms with Gasteiger partial charge in [0, 0.05) is 0 Å². The molecule has 0 saturated carbocycles. The molecule has 0 radical (unpaired) electrons. The third-order valence-corrected chi connectivity index (χ3v) is 2.59. The molecule has 2 heteroatoms. The zero-order valence-corrected chi connectivity index (χ0v) is 10.0. The second kappa shape index (κ2) is 5.82. The van der Waals surface area contributed by atoms with Crippen molar-refractivity contribution in [2.75, 3.05) is 0 Å². The minimum atomic E-state index is -0.311. The van der Waals surface area contributed by atoms with Gasteiger partial charge in [-0.25, -0.2) is 4.79 Å². The summed E-state index contributed by atoms with van der Waals surface area (Å²) >= 11 is 0. The summed E-state index contributed by atoms with van der Waals surface area (Å²) in [6, 6.07) is 16.8. The molecule has 0 bridgehead atoms. The Bertz CT molecular complexity index is 527. The monoisotopic (exact) mass is 238 g/mol. The summed E-state index contributed by atoms with van der Waals surface area (Å²) in [7, 11) is 0. The fourth-order valence-corrected chi connectivity index (χ4v) is 1.56. The van der Waals surface area contributed by atoms with E-state index in [9.17, 15) is 4.79 Å². The SMILES string of the molecule is C=Cc1ccc(C(=O)OCc2ccccc2)cc1. The van der Waals surface area contributed by atoms with E-state index in [4.69, 9.17) is 4.74 Å². The second-order valence-electron chi connectivity index (χ2n) is 3.89. The van der Waals surface area contributed by atoms with Gasteiger partial charge in [0.2, 0.25) is 0 Å². The summed E-state index contributed by atoms with van der Waals surface area (Å²) in [5, 5.41) is 0. The van der Waals surface area contributed by atoms with E-state index in [0.717, 1.165) is 11.1 Å². The lowest BCUT2D eigenvalue weighted by molar-refractivity contribution is 0.0472. The lowest BCUT2D eigenvalue weighted by Gasteiger charge is -2.05. The maximum atomic E-state index is 11.8. The van der Waals surface area contributed by atoms with Crippen LogP contribution in [0.4, 0.5) is 0 Å². The lowest BCUT2D eigenvalue weighted by Crippen LogP contribution is -2.04. The molecule has 2 aromatic carbocycles. The van der Waals surface area contributed by atoms with Gasteiger partial charge in [0.25, 0.3) is 0 Å². The smallest absolute Gasteiger partial charge is 0.338 e. The van der Waals surface area contributed by atoms with Gasteiger partial charge in [-0.1, -0.05) is 55.1 Å². The van der Waals surface area contributed by atoms with Crippen LogP contribution in [-0.4, -0.2) is 5.97 Å². The van der Waals surface area contributed by atoms with Crippen LogP contribution >= 0.6 is 0 Å². The van der Waals surface area contributed by atoms with Crippen molar-refractivity contribution in [1.82, 2.24) is 0 Å². The van der Waals surface area contributed by atoms with E-state index in [-0.39, 0.29) is 5.97 Å². The molecule has 2 rings (SSSR count). The Morgan fingerprint density at radius 3 is 2.33 bits per heavy atom.